The summed E-state index contributed by atoms with van der Waals surface area (Å²) < 4.78 is 0. The fourth-order valence-electron chi connectivity index (χ4n) is 1.32. The number of carbonyl (C=O) groups excluding carboxylic acids is 2. The first-order chi connectivity index (χ1) is 8.06. The lowest BCUT2D eigenvalue weighted by Crippen LogP contribution is -2.24. The summed E-state index contributed by atoms with van der Waals surface area (Å²) in [5.41, 5.74) is 1.05. The molecule has 1 aromatic rings. The van der Waals surface area contributed by atoms with Gasteiger partial charge in [0.15, 0.2) is 0 Å². The van der Waals surface area contributed by atoms with Gasteiger partial charge in [0.2, 0.25) is 5.91 Å². The van der Waals surface area contributed by atoms with Gasteiger partial charge in [-0.3, -0.25) is 9.59 Å². The lowest BCUT2D eigenvalue weighted by atomic mass is 10.1. The third-order valence-electron chi connectivity index (χ3n) is 2.16. The summed E-state index contributed by atoms with van der Waals surface area (Å²) in [6.45, 7) is 0. The Bertz CT molecular complexity index is 419. The van der Waals surface area contributed by atoms with Crippen LogP contribution in [0.3, 0.4) is 0 Å². The molecule has 0 saturated carbocycles. The molecule has 2 amide bonds. The van der Waals surface area contributed by atoms with E-state index in [1.807, 2.05) is 0 Å². The number of carbonyl (C=O) groups is 2. The number of benzene rings is 1. The minimum absolute atomic E-state index is 0.110. The topological polar surface area (TPSA) is 49.4 Å². The molecule has 0 spiro atoms. The first-order valence-corrected chi connectivity index (χ1v) is 6.35. The Morgan fingerprint density at radius 1 is 1.29 bits per heavy atom. The van der Waals surface area contributed by atoms with Gasteiger partial charge in [-0.2, -0.15) is 0 Å². The lowest BCUT2D eigenvalue weighted by Gasteiger charge is -2.14. The normalized spacial score (nSPS) is 9.82. The van der Waals surface area contributed by atoms with Crippen LogP contribution in [0, 0.1) is 0 Å². The van der Waals surface area contributed by atoms with E-state index in [2.05, 4.69) is 21.2 Å². The van der Waals surface area contributed by atoms with Gasteiger partial charge in [0.1, 0.15) is 0 Å². The average Bonchev–Trinajstić information content (AvgIpc) is 2.29. The number of amides is 2. The van der Waals surface area contributed by atoms with Crippen LogP contribution >= 0.6 is 15.9 Å². The number of hydrogen-bond donors (Lipinski definition) is 1. The van der Waals surface area contributed by atoms with Crippen molar-refractivity contribution in [3.05, 3.63) is 29.8 Å². The first kappa shape index (κ1) is 13.7. The van der Waals surface area contributed by atoms with Crippen molar-refractivity contribution in [2.75, 3.05) is 24.7 Å². The van der Waals surface area contributed by atoms with E-state index in [4.69, 9.17) is 0 Å². The van der Waals surface area contributed by atoms with Crippen molar-refractivity contribution in [1.29, 1.82) is 0 Å². The maximum atomic E-state index is 11.9. The predicted octanol–water partition coefficient (Wildman–Crippen LogP) is 2.11. The highest BCUT2D eigenvalue weighted by Gasteiger charge is 2.13. The van der Waals surface area contributed by atoms with Crippen LogP contribution < -0.4 is 5.32 Å². The fraction of sp³-hybridized carbons (Fsp3) is 0.333. The first-order valence-electron chi connectivity index (χ1n) is 5.22. The molecule has 0 unspecified atom stereocenters. The van der Waals surface area contributed by atoms with Gasteiger partial charge in [-0.15, -0.1) is 0 Å². The van der Waals surface area contributed by atoms with E-state index in [1.165, 1.54) is 4.90 Å². The highest BCUT2D eigenvalue weighted by atomic mass is 79.9. The monoisotopic (exact) mass is 298 g/mol. The quantitative estimate of drug-likeness (QED) is 0.866. The van der Waals surface area contributed by atoms with Crippen LogP contribution in [0.1, 0.15) is 16.8 Å². The molecule has 4 nitrogen and oxygen atoms in total. The Morgan fingerprint density at radius 2 is 1.94 bits per heavy atom. The summed E-state index contributed by atoms with van der Waals surface area (Å²) in [4.78, 5) is 24.8. The molecule has 0 bridgehead atoms. The lowest BCUT2D eigenvalue weighted by molar-refractivity contribution is -0.115. The number of nitrogens with zero attached hydrogens (tertiary/aromatic N) is 1. The molecule has 0 heterocycles. The molecular weight excluding hydrogens is 284 g/mol. The summed E-state index contributed by atoms with van der Waals surface area (Å²) >= 11 is 3.20. The molecule has 0 atom stereocenters. The maximum Gasteiger partial charge on any atom is 0.255 e. The largest absolute Gasteiger partial charge is 0.345 e. The van der Waals surface area contributed by atoms with E-state index in [0.717, 1.165) is 0 Å². The number of para-hydroxylation sites is 1. The molecule has 92 valence electrons. The molecule has 1 rings (SSSR count). The van der Waals surface area contributed by atoms with Crippen molar-refractivity contribution in [3.63, 3.8) is 0 Å². The number of hydrogen-bond acceptors (Lipinski definition) is 2. The second-order valence-corrected chi connectivity index (χ2v) is 4.53. The van der Waals surface area contributed by atoms with Crippen LogP contribution in [0.15, 0.2) is 24.3 Å². The molecule has 0 fully saturated rings. The predicted molar refractivity (Wildman–Crippen MR) is 71.5 cm³/mol. The molecule has 0 aliphatic heterocycles. The number of rotatable bonds is 4. The molecule has 5 heteroatoms. The molecule has 0 saturated heterocycles. The van der Waals surface area contributed by atoms with Gasteiger partial charge in [-0.05, 0) is 12.1 Å². The zero-order valence-electron chi connectivity index (χ0n) is 9.87. The second kappa shape index (κ2) is 6.39. The maximum absolute atomic E-state index is 11.9. The summed E-state index contributed by atoms with van der Waals surface area (Å²) in [5.74, 6) is -0.236. The van der Waals surface area contributed by atoms with Gasteiger partial charge in [-0.1, -0.05) is 28.1 Å². The van der Waals surface area contributed by atoms with Crippen molar-refractivity contribution in [3.8, 4) is 0 Å². The van der Waals surface area contributed by atoms with Crippen molar-refractivity contribution >= 4 is 33.4 Å². The fourth-order valence-corrected chi connectivity index (χ4v) is 1.68. The van der Waals surface area contributed by atoms with E-state index >= 15 is 0 Å². The van der Waals surface area contributed by atoms with E-state index in [9.17, 15) is 9.59 Å². The van der Waals surface area contributed by atoms with E-state index < -0.39 is 0 Å². The van der Waals surface area contributed by atoms with E-state index in [0.29, 0.717) is 23.0 Å². The van der Waals surface area contributed by atoms with Gasteiger partial charge >= 0.3 is 0 Å². The van der Waals surface area contributed by atoms with E-state index in [-0.39, 0.29) is 11.8 Å². The smallest absolute Gasteiger partial charge is 0.255 e. The molecular formula is C12H15BrN2O2. The Labute approximate surface area is 109 Å². The van der Waals surface area contributed by atoms with Gasteiger partial charge in [-0.25, -0.2) is 0 Å². The Morgan fingerprint density at radius 3 is 2.53 bits per heavy atom. The van der Waals surface area contributed by atoms with Crippen LogP contribution in [0.5, 0.6) is 0 Å². The molecule has 0 radical (unpaired) electrons. The molecule has 0 aliphatic carbocycles. The van der Waals surface area contributed by atoms with E-state index in [1.54, 1.807) is 38.4 Å². The molecule has 0 aromatic heterocycles. The van der Waals surface area contributed by atoms with Crippen molar-refractivity contribution < 1.29 is 9.59 Å². The average molecular weight is 299 g/mol. The highest BCUT2D eigenvalue weighted by molar-refractivity contribution is 9.09. The Kier molecular flexibility index (Phi) is 5.15. The van der Waals surface area contributed by atoms with Gasteiger partial charge in [0.25, 0.3) is 5.91 Å². The van der Waals surface area contributed by atoms with Crippen LogP contribution in [0.25, 0.3) is 0 Å². The van der Waals surface area contributed by atoms with Crippen LogP contribution in [-0.4, -0.2) is 36.1 Å². The second-order valence-electron chi connectivity index (χ2n) is 3.73. The number of alkyl halides is 1. The van der Waals surface area contributed by atoms with Crippen molar-refractivity contribution in [1.82, 2.24) is 4.90 Å². The Hall–Kier alpha value is -1.36. The number of nitrogens with one attached hydrogen (secondary N) is 1. The minimum Gasteiger partial charge on any atom is -0.345 e. The minimum atomic E-state index is -0.125. The van der Waals surface area contributed by atoms with Crippen molar-refractivity contribution in [2.45, 2.75) is 6.42 Å². The zero-order valence-corrected chi connectivity index (χ0v) is 11.5. The molecule has 1 aromatic carbocycles. The van der Waals surface area contributed by atoms with Crippen molar-refractivity contribution in [2.24, 2.45) is 0 Å². The van der Waals surface area contributed by atoms with Gasteiger partial charge < -0.3 is 10.2 Å². The molecule has 0 aliphatic rings. The van der Waals surface area contributed by atoms with Crippen LogP contribution in [0.2, 0.25) is 0 Å². The third kappa shape index (κ3) is 3.85. The SMILES string of the molecule is CN(C)C(=O)c1ccccc1NC(=O)CCBr. The standard InChI is InChI=1S/C12H15BrN2O2/c1-15(2)12(17)9-5-3-4-6-10(9)14-11(16)7-8-13/h3-6H,7-8H2,1-2H3,(H,14,16). The molecule has 1 N–H and O–H groups in total. The summed E-state index contributed by atoms with van der Waals surface area (Å²) in [6, 6.07) is 6.99. The zero-order chi connectivity index (χ0) is 12.8. The summed E-state index contributed by atoms with van der Waals surface area (Å²) in [5, 5.41) is 3.33. The highest BCUT2D eigenvalue weighted by Crippen LogP contribution is 2.16. The third-order valence-corrected chi connectivity index (χ3v) is 2.56. The van der Waals surface area contributed by atoms with Gasteiger partial charge in [0.05, 0.1) is 11.3 Å². The Balaban J connectivity index is 2.92. The van der Waals surface area contributed by atoms with Crippen LogP contribution in [-0.2, 0) is 4.79 Å². The molecule has 17 heavy (non-hydrogen) atoms. The van der Waals surface area contributed by atoms with Gasteiger partial charge in [0, 0.05) is 25.8 Å². The van der Waals surface area contributed by atoms with Crippen LogP contribution in [0.4, 0.5) is 5.69 Å². The number of halogens is 1. The number of anilines is 1. The summed E-state index contributed by atoms with van der Waals surface area (Å²) in [7, 11) is 3.36. The summed E-state index contributed by atoms with van der Waals surface area (Å²) in [6.07, 6.45) is 0.379.